The van der Waals surface area contributed by atoms with E-state index in [1.165, 1.54) is 0 Å². The lowest BCUT2D eigenvalue weighted by molar-refractivity contribution is 0.986. The molecule has 1 N–H and O–H groups in total. The number of H-pyrrole nitrogens is 1. The molecular formula is C17H13ClN2. The van der Waals surface area contributed by atoms with Gasteiger partial charge in [0.05, 0.1) is 10.5 Å². The molecule has 0 aliphatic heterocycles. The first-order chi connectivity index (χ1) is 9.83. The number of halogens is 1. The maximum Gasteiger partial charge on any atom is 0.113 e. The van der Waals surface area contributed by atoms with Crippen LogP contribution in [0, 0.1) is 11.8 Å². The summed E-state index contributed by atoms with van der Waals surface area (Å²) in [6.07, 6.45) is 3.43. The average Bonchev–Trinajstić information content (AvgIpc) is 2.89. The fraction of sp³-hybridized carbons (Fsp3) is 0.118. The minimum Gasteiger partial charge on any atom is -0.357 e. The summed E-state index contributed by atoms with van der Waals surface area (Å²) in [4.78, 5) is 7.52. The van der Waals surface area contributed by atoms with Gasteiger partial charge in [0.15, 0.2) is 0 Å². The van der Waals surface area contributed by atoms with Crippen molar-refractivity contribution in [1.29, 1.82) is 0 Å². The van der Waals surface area contributed by atoms with Crippen molar-refractivity contribution in [2.45, 2.75) is 12.8 Å². The number of rotatable bonds is 2. The van der Waals surface area contributed by atoms with Crippen LogP contribution in [0.15, 0.2) is 48.7 Å². The van der Waals surface area contributed by atoms with Gasteiger partial charge in [-0.05, 0) is 36.6 Å². The molecule has 0 aliphatic rings. The van der Waals surface area contributed by atoms with Crippen molar-refractivity contribution >= 4 is 22.5 Å². The average molecular weight is 281 g/mol. The van der Waals surface area contributed by atoms with Gasteiger partial charge in [-0.25, -0.2) is 4.98 Å². The van der Waals surface area contributed by atoms with Gasteiger partial charge in [0.25, 0.3) is 0 Å². The lowest BCUT2D eigenvalue weighted by Crippen LogP contribution is -1.83. The summed E-state index contributed by atoms with van der Waals surface area (Å²) in [6, 6.07) is 13.8. The fourth-order valence-electron chi connectivity index (χ4n) is 2.10. The first-order valence-electron chi connectivity index (χ1n) is 6.49. The van der Waals surface area contributed by atoms with Crippen molar-refractivity contribution in [3.05, 3.63) is 65.1 Å². The molecule has 2 heterocycles. The van der Waals surface area contributed by atoms with Crippen LogP contribution >= 0.6 is 11.6 Å². The predicted molar refractivity (Wildman–Crippen MR) is 82.7 cm³/mol. The Morgan fingerprint density at radius 2 is 2.10 bits per heavy atom. The van der Waals surface area contributed by atoms with Crippen molar-refractivity contribution in [3.63, 3.8) is 0 Å². The topological polar surface area (TPSA) is 28.7 Å². The quantitative estimate of drug-likeness (QED) is 0.700. The highest BCUT2D eigenvalue weighted by molar-refractivity contribution is 6.35. The molecule has 0 saturated carbocycles. The predicted octanol–water partition coefficient (Wildman–Crippen LogP) is 4.20. The highest BCUT2D eigenvalue weighted by Gasteiger charge is 2.02. The van der Waals surface area contributed by atoms with Crippen LogP contribution in [0.4, 0.5) is 0 Å². The Kier molecular flexibility index (Phi) is 3.71. The standard InChI is InChI=1S/C17H13ClN2/c18-16-10-5-6-13-12-15(20-17(13)16)9-2-1-7-14-8-3-4-11-19-14/h3-6,8,10-12,20H,2,9H2. The molecule has 1 aromatic carbocycles. The Bertz CT molecular complexity index is 779. The van der Waals surface area contributed by atoms with Crippen LogP contribution in [-0.2, 0) is 6.42 Å². The second-order valence-electron chi connectivity index (χ2n) is 4.52. The zero-order valence-corrected chi connectivity index (χ0v) is 11.6. The van der Waals surface area contributed by atoms with Crippen LogP contribution in [0.5, 0.6) is 0 Å². The van der Waals surface area contributed by atoms with E-state index < -0.39 is 0 Å². The highest BCUT2D eigenvalue weighted by Crippen LogP contribution is 2.23. The number of pyridine rings is 1. The second-order valence-corrected chi connectivity index (χ2v) is 4.92. The Hall–Kier alpha value is -2.24. The third-order valence-corrected chi connectivity index (χ3v) is 3.38. The van der Waals surface area contributed by atoms with Crippen molar-refractivity contribution in [1.82, 2.24) is 9.97 Å². The fourth-order valence-corrected chi connectivity index (χ4v) is 2.33. The van der Waals surface area contributed by atoms with Gasteiger partial charge in [-0.15, -0.1) is 0 Å². The van der Waals surface area contributed by atoms with E-state index >= 15 is 0 Å². The summed E-state index contributed by atoms with van der Waals surface area (Å²) < 4.78 is 0. The van der Waals surface area contributed by atoms with Crippen molar-refractivity contribution in [3.8, 4) is 11.8 Å². The van der Waals surface area contributed by atoms with Gasteiger partial charge in [-0.1, -0.05) is 35.7 Å². The number of aromatic amines is 1. The molecule has 98 valence electrons. The number of benzene rings is 1. The number of para-hydroxylation sites is 1. The van der Waals surface area contributed by atoms with E-state index in [0.717, 1.165) is 40.2 Å². The molecule has 0 amide bonds. The van der Waals surface area contributed by atoms with Gasteiger partial charge in [0.2, 0.25) is 0 Å². The largest absolute Gasteiger partial charge is 0.357 e. The van der Waals surface area contributed by atoms with E-state index in [2.05, 4.69) is 33.9 Å². The summed E-state index contributed by atoms with van der Waals surface area (Å²) in [5.74, 6) is 6.20. The molecule has 0 spiro atoms. The molecular weight excluding hydrogens is 268 g/mol. The lowest BCUT2D eigenvalue weighted by Gasteiger charge is -1.92. The van der Waals surface area contributed by atoms with Crippen LogP contribution in [0.25, 0.3) is 10.9 Å². The Labute approximate surface area is 122 Å². The monoisotopic (exact) mass is 280 g/mol. The molecule has 0 bridgehead atoms. The maximum absolute atomic E-state index is 6.14. The zero-order chi connectivity index (χ0) is 13.8. The van der Waals surface area contributed by atoms with Crippen LogP contribution in [0.1, 0.15) is 17.8 Å². The van der Waals surface area contributed by atoms with Crippen LogP contribution in [0.3, 0.4) is 0 Å². The molecule has 0 aliphatic carbocycles. The van der Waals surface area contributed by atoms with E-state index in [1.54, 1.807) is 6.20 Å². The molecule has 3 rings (SSSR count). The molecule has 0 radical (unpaired) electrons. The Morgan fingerprint density at radius 3 is 2.90 bits per heavy atom. The van der Waals surface area contributed by atoms with E-state index in [0.29, 0.717) is 0 Å². The van der Waals surface area contributed by atoms with Gasteiger partial charge >= 0.3 is 0 Å². The number of nitrogens with one attached hydrogen (secondary N) is 1. The van der Waals surface area contributed by atoms with Crippen molar-refractivity contribution < 1.29 is 0 Å². The molecule has 0 atom stereocenters. The number of nitrogens with zero attached hydrogens (tertiary/aromatic N) is 1. The van der Waals surface area contributed by atoms with Crippen molar-refractivity contribution in [2.75, 3.05) is 0 Å². The molecule has 0 unspecified atom stereocenters. The smallest absolute Gasteiger partial charge is 0.113 e. The molecule has 0 saturated heterocycles. The number of fused-ring (bicyclic) bond motifs is 1. The van der Waals surface area contributed by atoms with Gasteiger partial charge in [-0.2, -0.15) is 0 Å². The highest BCUT2D eigenvalue weighted by atomic mass is 35.5. The molecule has 3 heteroatoms. The van der Waals surface area contributed by atoms with E-state index in [9.17, 15) is 0 Å². The second kappa shape index (κ2) is 5.81. The SMILES string of the molecule is Clc1cccc2cc(CCC#Cc3ccccn3)[nH]c12. The minimum atomic E-state index is 0.758. The minimum absolute atomic E-state index is 0.758. The van der Waals surface area contributed by atoms with Gasteiger partial charge in [0, 0.05) is 23.7 Å². The first kappa shape index (κ1) is 12.8. The number of aryl methyl sites for hydroxylation is 1. The van der Waals surface area contributed by atoms with Crippen molar-refractivity contribution in [2.24, 2.45) is 0 Å². The molecule has 2 aromatic heterocycles. The number of hydrogen-bond acceptors (Lipinski definition) is 1. The van der Waals surface area contributed by atoms with Crippen LogP contribution < -0.4 is 0 Å². The zero-order valence-electron chi connectivity index (χ0n) is 10.9. The van der Waals surface area contributed by atoms with E-state index in [1.807, 2.05) is 30.3 Å². The normalized spacial score (nSPS) is 10.2. The molecule has 20 heavy (non-hydrogen) atoms. The van der Waals surface area contributed by atoms with Gasteiger partial charge in [-0.3, -0.25) is 0 Å². The number of hydrogen-bond donors (Lipinski definition) is 1. The summed E-state index contributed by atoms with van der Waals surface area (Å²) in [5.41, 5.74) is 2.97. The molecule has 0 fully saturated rings. The van der Waals surface area contributed by atoms with Crippen LogP contribution in [0.2, 0.25) is 5.02 Å². The summed E-state index contributed by atoms with van der Waals surface area (Å²) in [5, 5.41) is 1.90. The number of aromatic nitrogens is 2. The molecule has 2 nitrogen and oxygen atoms in total. The third kappa shape index (κ3) is 2.84. The summed E-state index contributed by atoms with van der Waals surface area (Å²) >= 11 is 6.14. The Morgan fingerprint density at radius 1 is 1.15 bits per heavy atom. The van der Waals surface area contributed by atoms with Gasteiger partial charge < -0.3 is 4.98 Å². The maximum atomic E-state index is 6.14. The van der Waals surface area contributed by atoms with Crippen LogP contribution in [-0.4, -0.2) is 9.97 Å². The molecule has 3 aromatic rings. The Balaban J connectivity index is 1.69. The van der Waals surface area contributed by atoms with E-state index in [-0.39, 0.29) is 0 Å². The summed E-state index contributed by atoms with van der Waals surface area (Å²) in [7, 11) is 0. The van der Waals surface area contributed by atoms with Gasteiger partial charge in [0.1, 0.15) is 5.69 Å². The third-order valence-electron chi connectivity index (χ3n) is 3.06. The summed E-state index contributed by atoms with van der Waals surface area (Å²) in [6.45, 7) is 0. The lowest BCUT2D eigenvalue weighted by atomic mass is 10.2. The van der Waals surface area contributed by atoms with E-state index in [4.69, 9.17) is 11.6 Å². The first-order valence-corrected chi connectivity index (χ1v) is 6.87.